The topological polar surface area (TPSA) is 90.4 Å². The van der Waals surface area contributed by atoms with E-state index < -0.39 is 5.91 Å². The normalized spacial score (nSPS) is 17.5. The summed E-state index contributed by atoms with van der Waals surface area (Å²) in [5.74, 6) is 0.124. The van der Waals surface area contributed by atoms with Gasteiger partial charge in [-0.25, -0.2) is 10.5 Å². The smallest absolute Gasteiger partial charge is 0.267 e. The lowest BCUT2D eigenvalue weighted by atomic mass is 10.1. The third-order valence-corrected chi connectivity index (χ3v) is 4.37. The van der Waals surface area contributed by atoms with Crippen molar-refractivity contribution in [1.82, 2.24) is 20.3 Å². The maximum absolute atomic E-state index is 10.9. The van der Waals surface area contributed by atoms with E-state index >= 15 is 0 Å². The Kier molecular flexibility index (Phi) is 6.29. The van der Waals surface area contributed by atoms with Gasteiger partial charge in [0, 0.05) is 31.8 Å². The minimum atomic E-state index is -0.601. The summed E-state index contributed by atoms with van der Waals surface area (Å²) < 4.78 is 0. The number of carbonyl (C=O) groups is 1. The Bertz CT molecular complexity index is 733. The number of carbonyl (C=O) groups excluding carboxylic acids is 1. The van der Waals surface area contributed by atoms with Crippen molar-refractivity contribution in [1.29, 1.82) is 0 Å². The Morgan fingerprint density at radius 3 is 2.85 bits per heavy atom. The average Bonchev–Trinajstić information content (AvgIpc) is 3.13. The average molecular weight is 353 g/mol. The van der Waals surface area contributed by atoms with Gasteiger partial charge in [-0.2, -0.15) is 0 Å². The van der Waals surface area contributed by atoms with Crippen LogP contribution in [-0.4, -0.2) is 51.7 Å². The van der Waals surface area contributed by atoms with E-state index in [1.165, 1.54) is 23.2 Å². The first-order valence-corrected chi connectivity index (χ1v) is 8.70. The van der Waals surface area contributed by atoms with Gasteiger partial charge in [0.25, 0.3) is 5.91 Å². The summed E-state index contributed by atoms with van der Waals surface area (Å²) in [5.41, 5.74) is 3.45. The fraction of sp³-hybridized carbons (Fsp3) is 0.316. The van der Waals surface area contributed by atoms with Crippen LogP contribution in [0.2, 0.25) is 0 Å². The second-order valence-electron chi connectivity index (χ2n) is 6.30. The molecule has 1 fully saturated rings. The highest BCUT2D eigenvalue weighted by molar-refractivity contribution is 5.90. The molecular weight excluding hydrogens is 330 g/mol. The molecule has 3 rings (SSSR count). The van der Waals surface area contributed by atoms with Gasteiger partial charge < -0.3 is 10.2 Å². The van der Waals surface area contributed by atoms with Gasteiger partial charge in [0.05, 0.1) is 18.1 Å². The molecule has 26 heavy (non-hydrogen) atoms. The molecule has 1 atom stereocenters. The maximum Gasteiger partial charge on any atom is 0.267 e. The zero-order chi connectivity index (χ0) is 18.2. The monoisotopic (exact) mass is 353 g/mol. The Balaban J connectivity index is 1.45. The van der Waals surface area contributed by atoms with Crippen molar-refractivity contribution in [2.75, 3.05) is 25.0 Å². The van der Waals surface area contributed by atoms with Crippen LogP contribution in [-0.2, 0) is 11.2 Å². The number of hydroxylamine groups is 1. The number of aromatic nitrogens is 2. The number of nitrogens with zero attached hydrogens (tertiary/aromatic N) is 3. The molecule has 1 aromatic heterocycles. The van der Waals surface area contributed by atoms with Crippen LogP contribution in [0.4, 0.5) is 5.82 Å². The minimum absolute atomic E-state index is 0.363. The first kappa shape index (κ1) is 18.0. The summed E-state index contributed by atoms with van der Waals surface area (Å²) in [4.78, 5) is 22.0. The summed E-state index contributed by atoms with van der Waals surface area (Å²) in [7, 11) is 0. The fourth-order valence-electron chi connectivity index (χ4n) is 2.99. The molecule has 0 bridgehead atoms. The highest BCUT2D eigenvalue weighted by Crippen LogP contribution is 2.15. The zero-order valence-corrected chi connectivity index (χ0v) is 14.5. The molecule has 0 saturated carbocycles. The SMILES string of the molecule is O=C(/C=C/c1cnc(NC2CCN(CCc3ccccc3)C2)cn1)NO. The van der Waals surface area contributed by atoms with Gasteiger partial charge in [-0.05, 0) is 24.5 Å². The molecule has 3 N–H and O–H groups in total. The number of rotatable bonds is 7. The molecule has 7 nitrogen and oxygen atoms in total. The second kappa shape index (κ2) is 9.07. The molecule has 0 spiro atoms. The zero-order valence-electron chi connectivity index (χ0n) is 14.5. The number of likely N-dealkylation sites (tertiary alicyclic amines) is 1. The number of nitrogens with one attached hydrogen (secondary N) is 2. The van der Waals surface area contributed by atoms with Crippen molar-refractivity contribution in [2.45, 2.75) is 18.9 Å². The van der Waals surface area contributed by atoms with Gasteiger partial charge in [0.2, 0.25) is 0 Å². The van der Waals surface area contributed by atoms with Crippen LogP contribution in [0.1, 0.15) is 17.7 Å². The number of hydrogen-bond acceptors (Lipinski definition) is 6. The Hall–Kier alpha value is -2.77. The van der Waals surface area contributed by atoms with E-state index in [1.807, 2.05) is 6.07 Å². The molecule has 1 unspecified atom stereocenters. The summed E-state index contributed by atoms with van der Waals surface area (Å²) in [5, 5.41) is 11.9. The molecule has 2 aromatic rings. The standard InChI is InChI=1S/C19H23N5O2/c25-19(23-26)7-6-16-12-21-18(13-20-16)22-17-9-11-24(14-17)10-8-15-4-2-1-3-5-15/h1-7,12-13,17,26H,8-11,14H2,(H,21,22)(H,23,25)/b7-6+. The maximum atomic E-state index is 10.9. The van der Waals surface area contributed by atoms with Crippen molar-refractivity contribution in [3.8, 4) is 0 Å². The molecule has 1 aliphatic heterocycles. The lowest BCUT2D eigenvalue weighted by Gasteiger charge is -2.17. The van der Waals surface area contributed by atoms with E-state index in [0.717, 1.165) is 38.3 Å². The Labute approximate surface area is 152 Å². The number of benzene rings is 1. The molecule has 136 valence electrons. The Morgan fingerprint density at radius 1 is 1.27 bits per heavy atom. The molecule has 0 aliphatic carbocycles. The van der Waals surface area contributed by atoms with E-state index in [2.05, 4.69) is 44.5 Å². The fourth-order valence-corrected chi connectivity index (χ4v) is 2.99. The minimum Gasteiger partial charge on any atom is -0.365 e. The quantitative estimate of drug-likeness (QED) is 0.399. The van der Waals surface area contributed by atoms with Gasteiger partial charge in [0.15, 0.2) is 0 Å². The van der Waals surface area contributed by atoms with Crippen molar-refractivity contribution in [2.24, 2.45) is 0 Å². The van der Waals surface area contributed by atoms with E-state index in [4.69, 9.17) is 5.21 Å². The van der Waals surface area contributed by atoms with Crippen LogP contribution in [0.25, 0.3) is 6.08 Å². The largest absolute Gasteiger partial charge is 0.365 e. The highest BCUT2D eigenvalue weighted by Gasteiger charge is 2.22. The van der Waals surface area contributed by atoms with Crippen molar-refractivity contribution < 1.29 is 10.0 Å². The van der Waals surface area contributed by atoms with Crippen LogP contribution >= 0.6 is 0 Å². The summed E-state index contributed by atoms with van der Waals surface area (Å²) in [6, 6.07) is 10.9. The second-order valence-corrected chi connectivity index (χ2v) is 6.30. The third kappa shape index (κ3) is 5.37. The van der Waals surface area contributed by atoms with Gasteiger partial charge >= 0.3 is 0 Å². The molecule has 7 heteroatoms. The van der Waals surface area contributed by atoms with Crippen LogP contribution in [0.3, 0.4) is 0 Å². The van der Waals surface area contributed by atoms with Crippen LogP contribution < -0.4 is 10.8 Å². The van der Waals surface area contributed by atoms with Crippen LogP contribution in [0.5, 0.6) is 0 Å². The predicted molar refractivity (Wildman–Crippen MR) is 99.6 cm³/mol. The van der Waals surface area contributed by atoms with Crippen molar-refractivity contribution >= 4 is 17.8 Å². The van der Waals surface area contributed by atoms with Crippen molar-refractivity contribution in [3.63, 3.8) is 0 Å². The molecule has 1 saturated heterocycles. The highest BCUT2D eigenvalue weighted by atomic mass is 16.5. The Morgan fingerprint density at radius 2 is 2.12 bits per heavy atom. The molecule has 1 aromatic carbocycles. The predicted octanol–water partition coefficient (Wildman–Crippen LogP) is 1.72. The summed E-state index contributed by atoms with van der Waals surface area (Å²) in [6.07, 6.45) is 8.07. The first-order valence-electron chi connectivity index (χ1n) is 8.70. The number of hydrogen-bond donors (Lipinski definition) is 3. The number of anilines is 1. The lowest BCUT2D eigenvalue weighted by Crippen LogP contribution is -2.28. The third-order valence-electron chi connectivity index (χ3n) is 4.37. The first-order chi connectivity index (χ1) is 12.7. The van der Waals surface area contributed by atoms with E-state index in [0.29, 0.717) is 11.7 Å². The van der Waals surface area contributed by atoms with Gasteiger partial charge in [-0.3, -0.25) is 15.0 Å². The van der Waals surface area contributed by atoms with E-state index in [-0.39, 0.29) is 0 Å². The molecule has 1 amide bonds. The molecular formula is C19H23N5O2. The van der Waals surface area contributed by atoms with Crippen LogP contribution in [0.15, 0.2) is 48.8 Å². The summed E-state index contributed by atoms with van der Waals surface area (Å²) in [6.45, 7) is 3.13. The molecule has 0 radical (unpaired) electrons. The molecule has 2 heterocycles. The van der Waals surface area contributed by atoms with Gasteiger partial charge in [-0.1, -0.05) is 30.3 Å². The van der Waals surface area contributed by atoms with Crippen molar-refractivity contribution in [3.05, 3.63) is 60.1 Å². The molecule has 1 aliphatic rings. The number of amides is 1. The van der Waals surface area contributed by atoms with E-state index in [9.17, 15) is 4.79 Å². The van der Waals surface area contributed by atoms with Crippen LogP contribution in [0, 0.1) is 0 Å². The van der Waals surface area contributed by atoms with E-state index in [1.54, 1.807) is 12.4 Å². The summed E-state index contributed by atoms with van der Waals surface area (Å²) >= 11 is 0. The van der Waals surface area contributed by atoms with Gasteiger partial charge in [-0.15, -0.1) is 0 Å². The van der Waals surface area contributed by atoms with Gasteiger partial charge in [0.1, 0.15) is 5.82 Å². The lowest BCUT2D eigenvalue weighted by molar-refractivity contribution is -0.124.